The van der Waals surface area contributed by atoms with Crippen LogP contribution in [0.5, 0.6) is 0 Å². The van der Waals surface area contributed by atoms with Gasteiger partial charge in [-0.15, -0.1) is 0 Å². The quantitative estimate of drug-likeness (QED) is 0.859. The smallest absolute Gasteiger partial charge is 0.255 e. The van der Waals surface area contributed by atoms with Crippen molar-refractivity contribution in [3.63, 3.8) is 0 Å². The van der Waals surface area contributed by atoms with Crippen LogP contribution in [0, 0.1) is 20.8 Å². The highest BCUT2D eigenvalue weighted by molar-refractivity contribution is 9.10. The Bertz CT molecular complexity index is 635. The maximum Gasteiger partial charge on any atom is 0.255 e. The van der Waals surface area contributed by atoms with E-state index in [0.29, 0.717) is 5.56 Å². The van der Waals surface area contributed by atoms with E-state index in [1.807, 2.05) is 57.2 Å². The van der Waals surface area contributed by atoms with Gasteiger partial charge < -0.3 is 5.32 Å². The van der Waals surface area contributed by atoms with Gasteiger partial charge in [-0.3, -0.25) is 4.79 Å². The van der Waals surface area contributed by atoms with E-state index >= 15 is 0 Å². The van der Waals surface area contributed by atoms with Gasteiger partial charge in [-0.1, -0.05) is 12.1 Å². The van der Waals surface area contributed by atoms with Crippen molar-refractivity contribution in [1.29, 1.82) is 0 Å². The Morgan fingerprint density at radius 2 is 1.74 bits per heavy atom. The van der Waals surface area contributed by atoms with E-state index in [0.717, 1.165) is 21.3 Å². The first-order valence-electron chi connectivity index (χ1n) is 6.12. The molecule has 0 bridgehead atoms. The Morgan fingerprint density at radius 3 is 2.42 bits per heavy atom. The highest BCUT2D eigenvalue weighted by Gasteiger charge is 2.09. The summed E-state index contributed by atoms with van der Waals surface area (Å²) in [6.45, 7) is 6.04. The number of hydrogen-bond donors (Lipinski definition) is 1. The molecule has 0 radical (unpaired) electrons. The number of halogens is 1. The largest absolute Gasteiger partial charge is 0.321 e. The van der Waals surface area contributed by atoms with Crippen molar-refractivity contribution >= 4 is 27.5 Å². The van der Waals surface area contributed by atoms with Gasteiger partial charge in [-0.05, 0) is 77.7 Å². The number of anilines is 1. The maximum atomic E-state index is 12.2. The van der Waals surface area contributed by atoms with Gasteiger partial charge in [0.2, 0.25) is 0 Å². The molecule has 3 heteroatoms. The molecule has 0 saturated heterocycles. The monoisotopic (exact) mass is 317 g/mol. The fourth-order valence-electron chi connectivity index (χ4n) is 1.81. The van der Waals surface area contributed by atoms with Crippen LogP contribution in [-0.4, -0.2) is 5.91 Å². The summed E-state index contributed by atoms with van der Waals surface area (Å²) in [4.78, 5) is 12.2. The molecule has 1 N–H and O–H groups in total. The predicted octanol–water partition coefficient (Wildman–Crippen LogP) is 4.63. The first-order valence-corrected chi connectivity index (χ1v) is 6.91. The number of benzene rings is 2. The van der Waals surface area contributed by atoms with Gasteiger partial charge in [0.25, 0.3) is 5.91 Å². The van der Waals surface area contributed by atoms with Gasteiger partial charge in [0, 0.05) is 10.0 Å². The van der Waals surface area contributed by atoms with Crippen LogP contribution in [0.3, 0.4) is 0 Å². The Morgan fingerprint density at radius 1 is 1.00 bits per heavy atom. The molecular formula is C16H16BrNO. The summed E-state index contributed by atoms with van der Waals surface area (Å²) in [6, 6.07) is 11.6. The summed E-state index contributed by atoms with van der Waals surface area (Å²) in [5.74, 6) is -0.0885. The minimum absolute atomic E-state index is 0.0885. The van der Waals surface area contributed by atoms with E-state index in [9.17, 15) is 4.79 Å². The van der Waals surface area contributed by atoms with Crippen LogP contribution in [0.25, 0.3) is 0 Å². The molecule has 98 valence electrons. The standard InChI is InChI=1S/C16H16BrNO/c1-10-4-7-14(17)15(8-10)18-16(19)13-6-5-11(2)12(3)9-13/h4-9H,1-3H3,(H,18,19). The zero-order valence-corrected chi connectivity index (χ0v) is 12.8. The Labute approximate surface area is 122 Å². The highest BCUT2D eigenvalue weighted by Crippen LogP contribution is 2.24. The number of rotatable bonds is 2. The molecule has 0 aliphatic heterocycles. The molecule has 0 aliphatic rings. The topological polar surface area (TPSA) is 29.1 Å². The first kappa shape index (κ1) is 13.8. The van der Waals surface area contributed by atoms with E-state index in [1.54, 1.807) is 0 Å². The lowest BCUT2D eigenvalue weighted by Gasteiger charge is -2.09. The molecule has 2 nitrogen and oxygen atoms in total. The Balaban J connectivity index is 2.25. The van der Waals surface area contributed by atoms with Crippen LogP contribution in [0.2, 0.25) is 0 Å². The predicted molar refractivity (Wildman–Crippen MR) is 82.7 cm³/mol. The van der Waals surface area contributed by atoms with Gasteiger partial charge in [0.15, 0.2) is 0 Å². The summed E-state index contributed by atoms with van der Waals surface area (Å²) in [5.41, 5.74) is 4.89. The number of amides is 1. The molecule has 1 amide bonds. The van der Waals surface area contributed by atoms with Crippen molar-refractivity contribution in [3.05, 3.63) is 63.1 Å². The second-order valence-corrected chi connectivity index (χ2v) is 5.59. The van der Waals surface area contributed by atoms with Gasteiger partial charge >= 0.3 is 0 Å². The molecule has 0 saturated carbocycles. The molecule has 0 aromatic heterocycles. The molecule has 0 atom stereocenters. The van der Waals surface area contributed by atoms with Gasteiger partial charge in [-0.2, -0.15) is 0 Å². The van der Waals surface area contributed by atoms with Crippen molar-refractivity contribution < 1.29 is 4.79 Å². The van der Waals surface area contributed by atoms with Crippen LogP contribution < -0.4 is 5.32 Å². The average Bonchev–Trinajstić information content (AvgIpc) is 2.37. The van der Waals surface area contributed by atoms with Crippen LogP contribution in [0.1, 0.15) is 27.0 Å². The lowest BCUT2D eigenvalue weighted by Crippen LogP contribution is -2.12. The highest BCUT2D eigenvalue weighted by atomic mass is 79.9. The van der Waals surface area contributed by atoms with Crippen molar-refractivity contribution in [2.75, 3.05) is 5.32 Å². The average molecular weight is 318 g/mol. The van der Waals surface area contributed by atoms with Crippen LogP contribution in [0.15, 0.2) is 40.9 Å². The van der Waals surface area contributed by atoms with E-state index < -0.39 is 0 Å². The van der Waals surface area contributed by atoms with Crippen molar-refractivity contribution in [3.8, 4) is 0 Å². The van der Waals surface area contributed by atoms with E-state index in [4.69, 9.17) is 0 Å². The number of carbonyl (C=O) groups is 1. The summed E-state index contributed by atoms with van der Waals surface area (Å²) >= 11 is 3.44. The molecule has 2 rings (SSSR count). The molecule has 0 heterocycles. The van der Waals surface area contributed by atoms with Crippen molar-refractivity contribution in [2.24, 2.45) is 0 Å². The third-order valence-corrected chi connectivity index (χ3v) is 3.83. The van der Waals surface area contributed by atoms with E-state index in [1.165, 1.54) is 5.56 Å². The van der Waals surface area contributed by atoms with Crippen LogP contribution in [-0.2, 0) is 0 Å². The van der Waals surface area contributed by atoms with Gasteiger partial charge in [0.1, 0.15) is 0 Å². The number of hydrogen-bond acceptors (Lipinski definition) is 1. The Hall–Kier alpha value is -1.61. The first-order chi connectivity index (χ1) is 8.97. The van der Waals surface area contributed by atoms with E-state index in [-0.39, 0.29) is 5.91 Å². The minimum atomic E-state index is -0.0885. The maximum absolute atomic E-state index is 12.2. The zero-order valence-electron chi connectivity index (χ0n) is 11.3. The summed E-state index contributed by atoms with van der Waals surface area (Å²) in [5, 5.41) is 2.93. The van der Waals surface area contributed by atoms with Crippen molar-refractivity contribution in [2.45, 2.75) is 20.8 Å². The third kappa shape index (κ3) is 3.24. The summed E-state index contributed by atoms with van der Waals surface area (Å²) in [7, 11) is 0. The van der Waals surface area contributed by atoms with Crippen LogP contribution >= 0.6 is 15.9 Å². The summed E-state index contributed by atoms with van der Waals surface area (Å²) < 4.78 is 0.885. The van der Waals surface area contributed by atoms with Crippen LogP contribution in [0.4, 0.5) is 5.69 Å². The fourth-order valence-corrected chi connectivity index (χ4v) is 2.16. The lowest BCUT2D eigenvalue weighted by molar-refractivity contribution is 0.102. The number of aryl methyl sites for hydroxylation is 3. The molecule has 19 heavy (non-hydrogen) atoms. The molecule has 0 fully saturated rings. The van der Waals surface area contributed by atoms with E-state index in [2.05, 4.69) is 21.2 Å². The molecule has 2 aromatic carbocycles. The number of nitrogens with one attached hydrogen (secondary N) is 1. The summed E-state index contributed by atoms with van der Waals surface area (Å²) in [6.07, 6.45) is 0. The van der Waals surface area contributed by atoms with Gasteiger partial charge in [-0.25, -0.2) is 0 Å². The minimum Gasteiger partial charge on any atom is -0.321 e. The Kier molecular flexibility index (Phi) is 4.05. The molecule has 0 aliphatic carbocycles. The number of carbonyl (C=O) groups excluding carboxylic acids is 1. The molecule has 0 unspecified atom stereocenters. The SMILES string of the molecule is Cc1ccc(Br)c(NC(=O)c2ccc(C)c(C)c2)c1. The molecule has 2 aromatic rings. The fraction of sp³-hybridized carbons (Fsp3) is 0.188. The zero-order chi connectivity index (χ0) is 14.0. The lowest BCUT2D eigenvalue weighted by atomic mass is 10.1. The third-order valence-electron chi connectivity index (χ3n) is 3.14. The molecular weight excluding hydrogens is 302 g/mol. The molecule has 0 spiro atoms. The van der Waals surface area contributed by atoms with Crippen molar-refractivity contribution in [1.82, 2.24) is 0 Å². The van der Waals surface area contributed by atoms with Gasteiger partial charge in [0.05, 0.1) is 5.69 Å². The normalized spacial score (nSPS) is 10.3. The second kappa shape index (κ2) is 5.57. The second-order valence-electron chi connectivity index (χ2n) is 4.74.